The van der Waals surface area contributed by atoms with Crippen molar-refractivity contribution in [1.82, 2.24) is 14.5 Å². The second kappa shape index (κ2) is 13.4. The highest BCUT2D eigenvalue weighted by Gasteiger charge is 2.43. The topological polar surface area (TPSA) is 108 Å². The van der Waals surface area contributed by atoms with E-state index in [1.54, 1.807) is 25.3 Å². The molecule has 1 N–H and O–H groups in total. The van der Waals surface area contributed by atoms with Gasteiger partial charge in [0.15, 0.2) is 11.5 Å². The van der Waals surface area contributed by atoms with Crippen LogP contribution >= 0.6 is 0 Å². The van der Waals surface area contributed by atoms with Crippen molar-refractivity contribution in [3.05, 3.63) is 89.0 Å². The average molecular weight is 621 g/mol. The number of hydrogen-bond acceptors (Lipinski definition) is 8. The third-order valence-electron chi connectivity index (χ3n) is 8.53. The van der Waals surface area contributed by atoms with Crippen LogP contribution in [0.5, 0.6) is 11.5 Å². The van der Waals surface area contributed by atoms with Gasteiger partial charge in [-0.15, -0.1) is 0 Å². The van der Waals surface area contributed by atoms with E-state index in [-0.39, 0.29) is 24.4 Å². The summed E-state index contributed by atoms with van der Waals surface area (Å²) >= 11 is 0. The van der Waals surface area contributed by atoms with E-state index in [2.05, 4.69) is 45.7 Å². The first-order chi connectivity index (χ1) is 21.1. The van der Waals surface area contributed by atoms with Gasteiger partial charge < -0.3 is 14.4 Å². The Hall–Kier alpha value is -3.93. The first kappa shape index (κ1) is 31.5. The summed E-state index contributed by atoms with van der Waals surface area (Å²) in [6, 6.07) is 20.9. The Morgan fingerprint density at radius 2 is 1.55 bits per heavy atom. The number of carbonyl (C=O) groups excluding carboxylic acids is 2. The Kier molecular flexibility index (Phi) is 9.57. The van der Waals surface area contributed by atoms with Gasteiger partial charge in [0.05, 0.1) is 43.3 Å². The Bertz CT molecular complexity index is 1610. The molecule has 0 aromatic heterocycles. The molecular formula is C33H40N4O6S. The molecule has 10 nitrogen and oxygen atoms in total. The molecule has 0 radical (unpaired) electrons. The summed E-state index contributed by atoms with van der Waals surface area (Å²) in [5, 5.41) is 0. The van der Waals surface area contributed by atoms with Crippen LogP contribution in [-0.4, -0.2) is 83.2 Å². The Morgan fingerprint density at radius 1 is 0.841 bits per heavy atom. The van der Waals surface area contributed by atoms with E-state index in [0.717, 1.165) is 38.1 Å². The largest absolute Gasteiger partial charge is 0.493 e. The summed E-state index contributed by atoms with van der Waals surface area (Å²) in [4.78, 5) is 34.1. The second-order valence-corrected chi connectivity index (χ2v) is 13.1. The molecule has 1 unspecified atom stereocenters. The average Bonchev–Trinajstić information content (AvgIpc) is 3.29. The van der Waals surface area contributed by atoms with Gasteiger partial charge in [-0.3, -0.25) is 19.4 Å². The fraction of sp³-hybridized carbons (Fsp3) is 0.394. The molecule has 5 rings (SSSR count). The van der Waals surface area contributed by atoms with Gasteiger partial charge >= 0.3 is 0 Å². The zero-order chi connectivity index (χ0) is 31.4. The lowest BCUT2D eigenvalue weighted by Crippen LogP contribution is -2.47. The predicted molar refractivity (Wildman–Crippen MR) is 170 cm³/mol. The lowest BCUT2D eigenvalue weighted by molar-refractivity contribution is 0.0572. The van der Waals surface area contributed by atoms with Gasteiger partial charge in [-0.1, -0.05) is 42.5 Å². The van der Waals surface area contributed by atoms with E-state index in [4.69, 9.17) is 9.47 Å². The number of benzene rings is 3. The van der Waals surface area contributed by atoms with E-state index < -0.39 is 16.1 Å². The molecule has 11 heteroatoms. The van der Waals surface area contributed by atoms with Crippen LogP contribution in [0.1, 0.15) is 63.7 Å². The van der Waals surface area contributed by atoms with Crippen molar-refractivity contribution in [2.75, 3.05) is 58.1 Å². The minimum Gasteiger partial charge on any atom is -0.493 e. The normalized spacial score (nSPS) is 17.0. The van der Waals surface area contributed by atoms with Crippen molar-refractivity contribution in [3.8, 4) is 11.5 Å². The van der Waals surface area contributed by atoms with E-state index in [0.29, 0.717) is 41.0 Å². The fourth-order valence-electron chi connectivity index (χ4n) is 6.18. The van der Waals surface area contributed by atoms with E-state index in [9.17, 15) is 18.0 Å². The highest BCUT2D eigenvalue weighted by atomic mass is 32.2. The lowest BCUT2D eigenvalue weighted by atomic mass is 9.99. The van der Waals surface area contributed by atoms with Crippen LogP contribution in [0.4, 0.5) is 5.69 Å². The Balaban J connectivity index is 1.40. The van der Waals surface area contributed by atoms with Gasteiger partial charge in [0.25, 0.3) is 11.8 Å². The molecule has 1 fully saturated rings. The molecule has 3 aromatic carbocycles. The van der Waals surface area contributed by atoms with Crippen molar-refractivity contribution in [3.63, 3.8) is 0 Å². The molecule has 2 amide bonds. The summed E-state index contributed by atoms with van der Waals surface area (Å²) in [7, 11) is -0.307. The van der Waals surface area contributed by atoms with E-state index in [1.807, 2.05) is 24.3 Å². The number of rotatable bonds is 12. The number of imide groups is 1. The van der Waals surface area contributed by atoms with Crippen LogP contribution in [0, 0.1) is 0 Å². The molecule has 1 saturated heterocycles. The molecule has 0 saturated carbocycles. The maximum absolute atomic E-state index is 14.2. The summed E-state index contributed by atoms with van der Waals surface area (Å²) in [5.41, 5.74) is 3.53. The number of piperazine rings is 1. The molecule has 44 heavy (non-hydrogen) atoms. The second-order valence-electron chi connectivity index (χ2n) is 11.2. The first-order valence-corrected chi connectivity index (χ1v) is 16.7. The summed E-state index contributed by atoms with van der Waals surface area (Å²) in [6.07, 6.45) is 1.87. The van der Waals surface area contributed by atoms with Gasteiger partial charge in [-0.05, 0) is 55.2 Å². The zero-order valence-electron chi connectivity index (χ0n) is 25.7. The van der Waals surface area contributed by atoms with Crippen molar-refractivity contribution < 1.29 is 27.5 Å². The molecule has 2 aliphatic heterocycles. The van der Waals surface area contributed by atoms with E-state index in [1.165, 1.54) is 17.6 Å². The van der Waals surface area contributed by atoms with Gasteiger partial charge in [0.1, 0.15) is 0 Å². The van der Waals surface area contributed by atoms with Gasteiger partial charge in [0.2, 0.25) is 10.0 Å². The molecule has 2 atom stereocenters. The summed E-state index contributed by atoms with van der Waals surface area (Å²) < 4.78 is 36.7. The number of hydrogen-bond donors (Lipinski definition) is 1. The number of amides is 2. The number of sulfonamides is 1. The van der Waals surface area contributed by atoms with Gasteiger partial charge in [-0.2, -0.15) is 0 Å². The summed E-state index contributed by atoms with van der Waals surface area (Å²) in [6.45, 7) is 5.50. The fourth-order valence-corrected chi connectivity index (χ4v) is 6.70. The summed E-state index contributed by atoms with van der Waals surface area (Å²) in [5.74, 6) is 0.291. The number of anilines is 1. The highest BCUT2D eigenvalue weighted by Crippen LogP contribution is 2.40. The van der Waals surface area contributed by atoms with Crippen LogP contribution in [0.3, 0.4) is 0 Å². The monoisotopic (exact) mass is 620 g/mol. The van der Waals surface area contributed by atoms with E-state index >= 15 is 0 Å². The molecular weight excluding hydrogens is 580 g/mol. The maximum Gasteiger partial charge on any atom is 0.264 e. The molecule has 234 valence electrons. The predicted octanol–water partition coefficient (Wildman–Crippen LogP) is 4.25. The zero-order valence-corrected chi connectivity index (χ0v) is 26.5. The van der Waals surface area contributed by atoms with Crippen LogP contribution in [0.15, 0.2) is 66.7 Å². The minimum absolute atomic E-state index is 0.183. The highest BCUT2D eigenvalue weighted by molar-refractivity contribution is 7.88. The molecule has 0 bridgehead atoms. The van der Waals surface area contributed by atoms with Crippen molar-refractivity contribution in [2.45, 2.75) is 31.8 Å². The minimum atomic E-state index is -3.38. The van der Waals surface area contributed by atoms with Crippen molar-refractivity contribution >= 4 is 27.5 Å². The quantitative estimate of drug-likeness (QED) is 0.237. The van der Waals surface area contributed by atoms with Crippen molar-refractivity contribution in [2.24, 2.45) is 0 Å². The third-order valence-corrected chi connectivity index (χ3v) is 9.26. The standard InChI is InChI=1S/C33H40N4O6S/c1-23(24-10-6-5-7-11-24)35-18-20-36(21-19-35)28-13-8-12-26-31(28)33(39)37(32(26)38)27(14-9-17-34-44(4,40)41)25-15-16-29(42-2)30(22-25)43-3/h5-8,10-13,15-16,22-23,27,34H,9,14,17-21H2,1-4H3/t23-,27?/m1/s1. The van der Waals surface area contributed by atoms with Crippen LogP contribution in [-0.2, 0) is 10.0 Å². The van der Waals surface area contributed by atoms with Gasteiger partial charge in [0, 0.05) is 38.8 Å². The number of methoxy groups -OCH3 is 2. The SMILES string of the molecule is COc1ccc(C(CCCNS(C)(=O)=O)N2C(=O)c3cccc(N4CCN([C@H](C)c5ccccc5)CC4)c3C2=O)cc1OC. The Labute approximate surface area is 259 Å². The van der Waals surface area contributed by atoms with Gasteiger partial charge in [-0.25, -0.2) is 13.1 Å². The third kappa shape index (κ3) is 6.59. The molecule has 2 heterocycles. The van der Waals surface area contributed by atoms with Crippen LogP contribution < -0.4 is 19.1 Å². The van der Waals surface area contributed by atoms with Crippen LogP contribution in [0.25, 0.3) is 0 Å². The molecule has 0 spiro atoms. The Morgan fingerprint density at radius 3 is 2.20 bits per heavy atom. The number of nitrogens with zero attached hydrogens (tertiary/aromatic N) is 3. The number of fused-ring (bicyclic) bond motifs is 1. The first-order valence-electron chi connectivity index (χ1n) is 14.8. The lowest BCUT2D eigenvalue weighted by Gasteiger charge is -2.39. The number of carbonyl (C=O) groups is 2. The molecule has 3 aromatic rings. The molecule has 0 aliphatic carbocycles. The smallest absolute Gasteiger partial charge is 0.264 e. The maximum atomic E-state index is 14.2. The van der Waals surface area contributed by atoms with Crippen LogP contribution in [0.2, 0.25) is 0 Å². The molecule has 2 aliphatic rings. The number of ether oxygens (including phenoxy) is 2. The number of nitrogens with one attached hydrogen (secondary N) is 1. The van der Waals surface area contributed by atoms with Crippen molar-refractivity contribution in [1.29, 1.82) is 0 Å².